The van der Waals surface area contributed by atoms with Crippen LogP contribution in [0.4, 0.5) is 0 Å². The van der Waals surface area contributed by atoms with Crippen molar-refractivity contribution in [1.82, 2.24) is 0 Å². The third kappa shape index (κ3) is 8.18. The van der Waals surface area contributed by atoms with Gasteiger partial charge in [-0.2, -0.15) is 0 Å². The van der Waals surface area contributed by atoms with E-state index in [1.54, 1.807) is 0 Å². The number of carbonyl (C=O) groups is 2. The first-order valence-corrected chi connectivity index (χ1v) is 7.88. The molecule has 0 aliphatic rings. The van der Waals surface area contributed by atoms with Gasteiger partial charge in [-0.05, 0) is 37.5 Å². The quantitative estimate of drug-likeness (QED) is 0.564. The highest BCUT2D eigenvalue weighted by atomic mass is 16.4. The minimum Gasteiger partial charge on any atom is -0.481 e. The molecule has 0 saturated heterocycles. The Kier molecular flexibility index (Phi) is 10.1. The van der Waals surface area contributed by atoms with Crippen molar-refractivity contribution in [3.8, 4) is 0 Å². The van der Waals surface area contributed by atoms with Crippen LogP contribution in [0, 0.1) is 17.8 Å². The first-order chi connectivity index (χ1) is 9.44. The third-order valence-corrected chi connectivity index (χ3v) is 4.39. The fourth-order valence-corrected chi connectivity index (χ4v) is 2.68. The number of hydrogen-bond donors (Lipinski definition) is 2. The summed E-state index contributed by atoms with van der Waals surface area (Å²) in [6, 6.07) is 0. The molecule has 2 atom stereocenters. The Hall–Kier alpha value is -1.06. The molecule has 0 bridgehead atoms. The summed E-state index contributed by atoms with van der Waals surface area (Å²) in [5.41, 5.74) is 0. The first-order valence-electron chi connectivity index (χ1n) is 7.88. The second-order valence-electron chi connectivity index (χ2n) is 5.74. The lowest BCUT2D eigenvalue weighted by Gasteiger charge is -2.21. The van der Waals surface area contributed by atoms with Crippen molar-refractivity contribution in [1.29, 1.82) is 0 Å². The molecule has 0 aliphatic heterocycles. The van der Waals surface area contributed by atoms with Crippen LogP contribution in [0.3, 0.4) is 0 Å². The SMILES string of the molecule is CCC(CCC(=O)O)CCC(CC(CC)CC)C(=O)O. The minimum atomic E-state index is -0.768. The predicted octanol–water partition coefficient (Wildman–Crippen LogP) is 4.18. The molecular formula is C16H30O4. The van der Waals surface area contributed by atoms with E-state index < -0.39 is 11.9 Å². The highest BCUT2D eigenvalue weighted by molar-refractivity contribution is 5.69. The van der Waals surface area contributed by atoms with E-state index in [2.05, 4.69) is 13.8 Å². The second kappa shape index (κ2) is 10.7. The van der Waals surface area contributed by atoms with Gasteiger partial charge in [0.1, 0.15) is 0 Å². The van der Waals surface area contributed by atoms with Gasteiger partial charge in [-0.1, -0.05) is 40.0 Å². The Morgan fingerprint density at radius 3 is 1.80 bits per heavy atom. The summed E-state index contributed by atoms with van der Waals surface area (Å²) in [7, 11) is 0. The van der Waals surface area contributed by atoms with Crippen molar-refractivity contribution in [3.05, 3.63) is 0 Å². The lowest BCUT2D eigenvalue weighted by Crippen LogP contribution is -2.19. The van der Waals surface area contributed by atoms with Crippen LogP contribution in [0.15, 0.2) is 0 Å². The molecule has 0 aromatic heterocycles. The van der Waals surface area contributed by atoms with Crippen LogP contribution in [0.2, 0.25) is 0 Å². The highest BCUT2D eigenvalue weighted by Crippen LogP contribution is 2.26. The molecule has 0 spiro atoms. The maximum absolute atomic E-state index is 11.3. The van der Waals surface area contributed by atoms with Gasteiger partial charge >= 0.3 is 11.9 Å². The van der Waals surface area contributed by atoms with Crippen LogP contribution in [0.1, 0.15) is 72.1 Å². The van der Waals surface area contributed by atoms with E-state index in [-0.39, 0.29) is 12.3 Å². The highest BCUT2D eigenvalue weighted by Gasteiger charge is 2.22. The minimum absolute atomic E-state index is 0.183. The van der Waals surface area contributed by atoms with E-state index in [9.17, 15) is 14.7 Å². The number of hydrogen-bond acceptors (Lipinski definition) is 2. The zero-order chi connectivity index (χ0) is 15.5. The van der Waals surface area contributed by atoms with E-state index in [1.165, 1.54) is 0 Å². The van der Waals surface area contributed by atoms with E-state index in [4.69, 9.17) is 5.11 Å². The molecule has 0 aromatic carbocycles. The molecule has 4 heteroatoms. The van der Waals surface area contributed by atoms with Crippen molar-refractivity contribution in [2.24, 2.45) is 17.8 Å². The smallest absolute Gasteiger partial charge is 0.306 e. The Labute approximate surface area is 122 Å². The van der Waals surface area contributed by atoms with E-state index in [1.807, 2.05) is 6.92 Å². The normalized spacial score (nSPS) is 14.2. The standard InChI is InChI=1S/C16H30O4/c1-4-12(5-2)11-14(16(19)20)9-7-13(6-3)8-10-15(17)18/h12-14H,4-11H2,1-3H3,(H,17,18)(H,19,20). The van der Waals surface area contributed by atoms with E-state index in [0.29, 0.717) is 24.7 Å². The van der Waals surface area contributed by atoms with Crippen LogP contribution in [-0.4, -0.2) is 22.2 Å². The topological polar surface area (TPSA) is 74.6 Å². The van der Waals surface area contributed by atoms with Gasteiger partial charge in [-0.15, -0.1) is 0 Å². The van der Waals surface area contributed by atoms with E-state index in [0.717, 1.165) is 32.1 Å². The summed E-state index contributed by atoms with van der Waals surface area (Å²) in [5.74, 6) is -0.941. The average Bonchev–Trinajstić information content (AvgIpc) is 2.41. The zero-order valence-electron chi connectivity index (χ0n) is 13.1. The summed E-state index contributed by atoms with van der Waals surface area (Å²) < 4.78 is 0. The lowest BCUT2D eigenvalue weighted by molar-refractivity contribution is -0.143. The second-order valence-corrected chi connectivity index (χ2v) is 5.74. The Morgan fingerprint density at radius 1 is 0.850 bits per heavy atom. The van der Waals surface area contributed by atoms with Gasteiger partial charge in [-0.3, -0.25) is 9.59 Å². The number of rotatable bonds is 12. The number of carboxylic acids is 2. The fourth-order valence-electron chi connectivity index (χ4n) is 2.68. The summed E-state index contributed by atoms with van der Waals surface area (Å²) in [6.45, 7) is 6.26. The zero-order valence-corrected chi connectivity index (χ0v) is 13.1. The molecular weight excluding hydrogens is 256 g/mol. The van der Waals surface area contributed by atoms with Gasteiger partial charge < -0.3 is 10.2 Å². The summed E-state index contributed by atoms with van der Waals surface area (Å²) in [5, 5.41) is 18.0. The van der Waals surface area contributed by atoms with Crippen molar-refractivity contribution in [2.45, 2.75) is 72.1 Å². The van der Waals surface area contributed by atoms with Crippen molar-refractivity contribution in [2.75, 3.05) is 0 Å². The Balaban J connectivity index is 4.29. The number of aliphatic carboxylic acids is 2. The van der Waals surface area contributed by atoms with Crippen molar-refractivity contribution < 1.29 is 19.8 Å². The maximum Gasteiger partial charge on any atom is 0.306 e. The number of carboxylic acid groups (broad SMARTS) is 2. The summed E-state index contributed by atoms with van der Waals surface area (Å²) >= 11 is 0. The molecule has 0 rings (SSSR count). The molecule has 2 N–H and O–H groups in total. The van der Waals surface area contributed by atoms with Gasteiger partial charge in [0.05, 0.1) is 5.92 Å². The van der Waals surface area contributed by atoms with Gasteiger partial charge in [0, 0.05) is 6.42 Å². The molecule has 0 amide bonds. The van der Waals surface area contributed by atoms with Crippen LogP contribution >= 0.6 is 0 Å². The average molecular weight is 286 g/mol. The van der Waals surface area contributed by atoms with Crippen LogP contribution in [-0.2, 0) is 9.59 Å². The van der Waals surface area contributed by atoms with Gasteiger partial charge in [0.25, 0.3) is 0 Å². The third-order valence-electron chi connectivity index (χ3n) is 4.39. The molecule has 0 fully saturated rings. The molecule has 0 saturated carbocycles. The van der Waals surface area contributed by atoms with Crippen molar-refractivity contribution >= 4 is 11.9 Å². The molecule has 118 valence electrons. The molecule has 2 unspecified atom stereocenters. The van der Waals surface area contributed by atoms with Crippen LogP contribution in [0.25, 0.3) is 0 Å². The van der Waals surface area contributed by atoms with Gasteiger partial charge in [0.2, 0.25) is 0 Å². The predicted molar refractivity (Wildman–Crippen MR) is 79.7 cm³/mol. The Morgan fingerprint density at radius 2 is 1.40 bits per heavy atom. The van der Waals surface area contributed by atoms with Gasteiger partial charge in [-0.25, -0.2) is 0 Å². The fraction of sp³-hybridized carbons (Fsp3) is 0.875. The lowest BCUT2D eigenvalue weighted by atomic mass is 9.84. The monoisotopic (exact) mass is 286 g/mol. The largest absolute Gasteiger partial charge is 0.481 e. The van der Waals surface area contributed by atoms with Gasteiger partial charge in [0.15, 0.2) is 0 Å². The molecule has 20 heavy (non-hydrogen) atoms. The van der Waals surface area contributed by atoms with E-state index >= 15 is 0 Å². The molecule has 0 aliphatic carbocycles. The molecule has 4 nitrogen and oxygen atoms in total. The molecule has 0 radical (unpaired) electrons. The molecule has 0 aromatic rings. The summed E-state index contributed by atoms with van der Waals surface area (Å²) in [4.78, 5) is 21.9. The van der Waals surface area contributed by atoms with Crippen molar-refractivity contribution in [3.63, 3.8) is 0 Å². The first kappa shape index (κ1) is 18.9. The van der Waals surface area contributed by atoms with Crippen LogP contribution in [0.5, 0.6) is 0 Å². The maximum atomic E-state index is 11.3. The van der Waals surface area contributed by atoms with Crippen LogP contribution < -0.4 is 0 Å². The summed E-state index contributed by atoms with van der Waals surface area (Å²) in [6.07, 6.45) is 6.05. The Bertz CT molecular complexity index is 284. The molecule has 0 heterocycles.